The molecule has 2 aliphatic rings. The molecule has 6 heteroatoms. The molecule has 0 saturated carbocycles. The Morgan fingerprint density at radius 3 is 2.43 bits per heavy atom. The van der Waals surface area contributed by atoms with Gasteiger partial charge in [0, 0.05) is 12.2 Å². The Morgan fingerprint density at radius 2 is 1.87 bits per heavy atom. The van der Waals surface area contributed by atoms with Crippen LogP contribution in [0.5, 0.6) is 5.75 Å². The van der Waals surface area contributed by atoms with Crippen molar-refractivity contribution in [3.8, 4) is 5.75 Å². The third kappa shape index (κ3) is 3.21. The van der Waals surface area contributed by atoms with E-state index in [1.807, 2.05) is 0 Å². The number of halogens is 3. The van der Waals surface area contributed by atoms with Crippen LogP contribution in [-0.2, 0) is 4.79 Å². The average Bonchev–Trinajstić information content (AvgIpc) is 2.79. The minimum absolute atomic E-state index is 0.0748. The summed E-state index contributed by atoms with van der Waals surface area (Å²) in [5.74, 6) is -0.204. The molecule has 23 heavy (non-hydrogen) atoms. The summed E-state index contributed by atoms with van der Waals surface area (Å²) >= 11 is 0. The van der Waals surface area contributed by atoms with E-state index in [0.29, 0.717) is 12.2 Å². The molecule has 0 radical (unpaired) electrons. The summed E-state index contributed by atoms with van der Waals surface area (Å²) in [7, 11) is 0. The molecule has 1 aromatic carbocycles. The van der Waals surface area contributed by atoms with E-state index in [0.717, 1.165) is 25.7 Å². The van der Waals surface area contributed by atoms with E-state index in [9.17, 15) is 18.0 Å². The van der Waals surface area contributed by atoms with E-state index in [2.05, 4.69) is 17.7 Å². The number of carbonyl (C=O) groups excluding carboxylic acids is 1. The van der Waals surface area contributed by atoms with Crippen LogP contribution in [0.1, 0.15) is 32.6 Å². The van der Waals surface area contributed by atoms with Gasteiger partial charge < -0.3 is 9.64 Å². The maximum absolute atomic E-state index is 12.8. The molecular formula is C17H18F3NO2. The number of amides is 1. The number of hydrogen-bond donors (Lipinski definition) is 0. The molecule has 0 aromatic heterocycles. The number of benzene rings is 1. The van der Waals surface area contributed by atoms with Gasteiger partial charge in [-0.1, -0.05) is 11.6 Å². The highest BCUT2D eigenvalue weighted by molar-refractivity contribution is 6.00. The molecule has 1 fully saturated rings. The van der Waals surface area contributed by atoms with Crippen LogP contribution in [0.2, 0.25) is 0 Å². The van der Waals surface area contributed by atoms with Crippen LogP contribution in [0.25, 0.3) is 0 Å². The Bertz CT molecular complexity index is 636. The van der Waals surface area contributed by atoms with E-state index in [4.69, 9.17) is 0 Å². The summed E-state index contributed by atoms with van der Waals surface area (Å²) < 4.78 is 40.4. The third-order valence-electron chi connectivity index (χ3n) is 4.73. The number of hydrogen-bond acceptors (Lipinski definition) is 2. The number of nitrogens with zero attached hydrogens (tertiary/aromatic N) is 1. The van der Waals surface area contributed by atoms with Crippen LogP contribution in [0, 0.1) is 5.41 Å². The Hall–Kier alpha value is -1.98. The summed E-state index contributed by atoms with van der Waals surface area (Å²) in [5.41, 5.74) is 1.60. The lowest BCUT2D eigenvalue weighted by atomic mass is 9.74. The van der Waals surface area contributed by atoms with Crippen molar-refractivity contribution in [1.82, 2.24) is 0 Å². The van der Waals surface area contributed by atoms with E-state index >= 15 is 0 Å². The second-order valence-corrected chi connectivity index (χ2v) is 6.28. The quantitative estimate of drug-likeness (QED) is 0.753. The summed E-state index contributed by atoms with van der Waals surface area (Å²) in [6.45, 7) is 2.68. The molecule has 3 rings (SSSR count). The normalized spacial score (nSPS) is 25.0. The highest BCUT2D eigenvalue weighted by Gasteiger charge is 2.46. The van der Waals surface area contributed by atoms with Gasteiger partial charge in [-0.3, -0.25) is 4.79 Å². The highest BCUT2D eigenvalue weighted by atomic mass is 19.4. The van der Waals surface area contributed by atoms with Crippen molar-refractivity contribution in [3.63, 3.8) is 0 Å². The van der Waals surface area contributed by atoms with Crippen molar-refractivity contribution in [2.24, 2.45) is 5.41 Å². The predicted molar refractivity (Wildman–Crippen MR) is 80.1 cm³/mol. The van der Waals surface area contributed by atoms with Crippen LogP contribution in [0.15, 0.2) is 35.9 Å². The molecule has 124 valence electrons. The second kappa shape index (κ2) is 5.58. The lowest BCUT2D eigenvalue weighted by molar-refractivity contribution is -0.274. The third-order valence-corrected chi connectivity index (χ3v) is 4.73. The molecule has 0 N–H and O–H groups in total. The molecule has 1 atom stereocenters. The van der Waals surface area contributed by atoms with E-state index in [1.54, 1.807) is 4.90 Å². The van der Waals surface area contributed by atoms with E-state index in [1.165, 1.54) is 29.8 Å². The minimum atomic E-state index is -4.71. The first-order valence-corrected chi connectivity index (χ1v) is 7.63. The van der Waals surface area contributed by atoms with E-state index in [-0.39, 0.29) is 17.1 Å². The van der Waals surface area contributed by atoms with E-state index < -0.39 is 6.36 Å². The number of carbonyl (C=O) groups is 1. The van der Waals surface area contributed by atoms with Crippen LogP contribution in [0.3, 0.4) is 0 Å². The Kier molecular flexibility index (Phi) is 3.86. The van der Waals surface area contributed by atoms with Crippen molar-refractivity contribution in [1.29, 1.82) is 0 Å². The number of rotatable bonds is 2. The van der Waals surface area contributed by atoms with Gasteiger partial charge in [-0.2, -0.15) is 0 Å². The Labute approximate surface area is 132 Å². The summed E-state index contributed by atoms with van der Waals surface area (Å²) in [4.78, 5) is 14.5. The van der Waals surface area contributed by atoms with Crippen molar-refractivity contribution in [2.45, 2.75) is 39.0 Å². The zero-order valence-electron chi connectivity index (χ0n) is 12.8. The highest BCUT2D eigenvalue weighted by Crippen LogP contribution is 2.45. The van der Waals surface area contributed by atoms with Gasteiger partial charge in [-0.25, -0.2) is 0 Å². The van der Waals surface area contributed by atoms with Crippen molar-refractivity contribution in [3.05, 3.63) is 35.9 Å². The van der Waals surface area contributed by atoms with Gasteiger partial charge >= 0.3 is 6.36 Å². The second-order valence-electron chi connectivity index (χ2n) is 6.28. The summed E-state index contributed by atoms with van der Waals surface area (Å²) in [6, 6.07) is 5.49. The fourth-order valence-corrected chi connectivity index (χ4v) is 3.33. The maximum atomic E-state index is 12.8. The minimum Gasteiger partial charge on any atom is -0.406 e. The molecule has 0 bridgehead atoms. The molecule has 1 amide bonds. The fraction of sp³-hybridized carbons (Fsp3) is 0.471. The van der Waals surface area contributed by atoms with Crippen LogP contribution in [-0.4, -0.2) is 18.8 Å². The molecule has 1 saturated heterocycles. The first-order valence-electron chi connectivity index (χ1n) is 7.63. The fourth-order valence-electron chi connectivity index (χ4n) is 3.33. The van der Waals surface area contributed by atoms with Crippen molar-refractivity contribution < 1.29 is 22.7 Å². The maximum Gasteiger partial charge on any atom is 0.573 e. The van der Waals surface area contributed by atoms with Gasteiger partial charge in [0.1, 0.15) is 5.75 Å². The van der Waals surface area contributed by atoms with Crippen LogP contribution >= 0.6 is 0 Å². The smallest absolute Gasteiger partial charge is 0.406 e. The Balaban J connectivity index is 1.75. The van der Waals surface area contributed by atoms with Gasteiger partial charge in [0.05, 0.1) is 5.41 Å². The largest absolute Gasteiger partial charge is 0.573 e. The average molecular weight is 325 g/mol. The van der Waals surface area contributed by atoms with Gasteiger partial charge in [0.2, 0.25) is 5.91 Å². The molecule has 1 aromatic rings. The lowest BCUT2D eigenvalue weighted by Gasteiger charge is -2.30. The Morgan fingerprint density at radius 1 is 1.17 bits per heavy atom. The zero-order chi connectivity index (χ0) is 16.7. The van der Waals surface area contributed by atoms with Crippen molar-refractivity contribution >= 4 is 11.6 Å². The summed E-state index contributed by atoms with van der Waals surface area (Å²) in [5, 5.41) is 0. The van der Waals surface area contributed by atoms with Gasteiger partial charge in [-0.15, -0.1) is 13.2 Å². The molecule has 3 nitrogen and oxygen atoms in total. The lowest BCUT2D eigenvalue weighted by Crippen LogP contribution is -2.35. The molecule has 1 spiro atoms. The van der Waals surface area contributed by atoms with Crippen molar-refractivity contribution in [2.75, 3.05) is 11.4 Å². The first kappa shape index (κ1) is 15.9. The van der Waals surface area contributed by atoms with Gasteiger partial charge in [0.15, 0.2) is 0 Å². The number of allylic oxidation sites excluding steroid dienone is 2. The van der Waals surface area contributed by atoms with Crippen LogP contribution < -0.4 is 9.64 Å². The number of anilines is 1. The molecule has 1 unspecified atom stereocenters. The molecule has 1 aliphatic carbocycles. The number of ether oxygens (including phenoxy) is 1. The topological polar surface area (TPSA) is 29.5 Å². The molecule has 1 heterocycles. The van der Waals surface area contributed by atoms with Crippen LogP contribution in [0.4, 0.5) is 18.9 Å². The predicted octanol–water partition coefficient (Wildman–Crippen LogP) is 4.44. The zero-order valence-corrected chi connectivity index (χ0v) is 12.8. The van der Waals surface area contributed by atoms with Gasteiger partial charge in [-0.05, 0) is 56.9 Å². The molecular weight excluding hydrogens is 307 g/mol. The first-order chi connectivity index (χ1) is 10.8. The standard InChI is InChI=1S/C17H18F3NO2/c1-12-6-8-16(9-7-12)10-11-21(15(16)22)13-2-4-14(5-3-13)23-17(18,19)20/h2-6H,7-11H2,1H3. The van der Waals surface area contributed by atoms with Gasteiger partial charge in [0.25, 0.3) is 0 Å². The SMILES string of the molecule is CC1=CCC2(CC1)CCN(c1ccc(OC(F)(F)F)cc1)C2=O. The number of alkyl halides is 3. The summed E-state index contributed by atoms with van der Waals surface area (Å²) in [6.07, 6.45) is 0.740. The molecule has 1 aliphatic heterocycles. The monoisotopic (exact) mass is 325 g/mol.